The number of carbonyl (C=O) groups excluding carboxylic acids is 1. The summed E-state index contributed by atoms with van der Waals surface area (Å²) in [5, 5.41) is 5.87. The van der Waals surface area contributed by atoms with Gasteiger partial charge in [0.1, 0.15) is 10.6 Å². The molecule has 3 aromatic rings. The normalized spacial score (nSPS) is 11.3. The number of aromatic nitrogens is 2. The number of nitrogens with zero attached hydrogens (tertiary/aromatic N) is 2. The van der Waals surface area contributed by atoms with Gasteiger partial charge < -0.3 is 5.32 Å². The summed E-state index contributed by atoms with van der Waals surface area (Å²) < 4.78 is 14.7. The van der Waals surface area contributed by atoms with E-state index in [0.29, 0.717) is 15.4 Å². The van der Waals surface area contributed by atoms with Gasteiger partial charge in [0.15, 0.2) is 5.16 Å². The largest absolute Gasteiger partial charge is 0.353 e. The average Bonchev–Trinajstić information content (AvgIpc) is 3.12. The fourth-order valence-electron chi connectivity index (χ4n) is 2.92. The number of fused-ring (bicyclic) bond motifs is 1. The molecule has 0 radical (unpaired) electrons. The van der Waals surface area contributed by atoms with E-state index in [1.54, 1.807) is 19.2 Å². The van der Waals surface area contributed by atoms with Gasteiger partial charge in [0.2, 0.25) is 5.91 Å². The first-order valence-electron chi connectivity index (χ1n) is 9.10. The Kier molecular flexibility index (Phi) is 6.51. The lowest BCUT2D eigenvalue weighted by Crippen LogP contribution is -2.35. The van der Waals surface area contributed by atoms with Crippen molar-refractivity contribution in [1.29, 1.82) is 0 Å². The maximum absolute atomic E-state index is 13.2. The van der Waals surface area contributed by atoms with Gasteiger partial charge in [0.05, 0.1) is 11.1 Å². The van der Waals surface area contributed by atoms with Crippen LogP contribution in [0.1, 0.15) is 26.7 Å². The van der Waals surface area contributed by atoms with Gasteiger partial charge in [-0.15, -0.1) is 11.3 Å². The molecule has 0 saturated heterocycles. The molecule has 1 N–H and O–H groups in total. The molecule has 1 amide bonds. The van der Waals surface area contributed by atoms with Crippen molar-refractivity contribution in [3.05, 3.63) is 45.8 Å². The van der Waals surface area contributed by atoms with Crippen LogP contribution in [0.2, 0.25) is 0 Å². The number of thioether (sulfide) groups is 1. The number of amides is 1. The van der Waals surface area contributed by atoms with Gasteiger partial charge in [-0.1, -0.05) is 37.7 Å². The molecule has 2 aromatic heterocycles. The number of hydrogen-bond acceptors (Lipinski definition) is 5. The fourth-order valence-corrected chi connectivity index (χ4v) is 4.69. The highest BCUT2D eigenvalue weighted by atomic mass is 32.2. The predicted molar refractivity (Wildman–Crippen MR) is 113 cm³/mol. The van der Waals surface area contributed by atoms with Crippen molar-refractivity contribution in [3.63, 3.8) is 0 Å². The van der Waals surface area contributed by atoms with Gasteiger partial charge in [-0.3, -0.25) is 14.2 Å². The standard InChI is InChI=1S/C20H22FN3O2S2/c1-4-14(5-2)22-16(25)11-28-20-23-18-17(19(26)24(20)3)15(10-27-18)12-6-8-13(21)9-7-12/h6-10,14H,4-5,11H2,1-3H3,(H,22,25). The van der Waals surface area contributed by atoms with Gasteiger partial charge in [-0.05, 0) is 30.5 Å². The van der Waals surface area contributed by atoms with E-state index in [0.717, 1.165) is 24.0 Å². The molecule has 5 nitrogen and oxygen atoms in total. The van der Waals surface area contributed by atoms with Crippen molar-refractivity contribution < 1.29 is 9.18 Å². The minimum atomic E-state index is -0.320. The molecule has 2 heterocycles. The van der Waals surface area contributed by atoms with Gasteiger partial charge in [0.25, 0.3) is 5.56 Å². The van der Waals surface area contributed by atoms with Crippen LogP contribution in [-0.2, 0) is 11.8 Å². The summed E-state index contributed by atoms with van der Waals surface area (Å²) in [6, 6.07) is 6.23. The molecule has 0 aliphatic heterocycles. The minimum absolute atomic E-state index is 0.0637. The Morgan fingerprint density at radius 1 is 1.29 bits per heavy atom. The van der Waals surface area contributed by atoms with E-state index in [1.807, 2.05) is 19.2 Å². The van der Waals surface area contributed by atoms with Crippen LogP contribution in [0.15, 0.2) is 39.6 Å². The van der Waals surface area contributed by atoms with E-state index in [-0.39, 0.29) is 29.1 Å². The van der Waals surface area contributed by atoms with Gasteiger partial charge in [0, 0.05) is 24.0 Å². The lowest BCUT2D eigenvalue weighted by molar-refractivity contribution is -0.119. The molecule has 0 aliphatic rings. The first-order chi connectivity index (χ1) is 13.4. The predicted octanol–water partition coefficient (Wildman–Crippen LogP) is 4.20. The third-order valence-electron chi connectivity index (χ3n) is 4.61. The second kappa shape index (κ2) is 8.87. The average molecular weight is 420 g/mol. The lowest BCUT2D eigenvalue weighted by atomic mass is 10.1. The van der Waals surface area contributed by atoms with E-state index >= 15 is 0 Å². The Morgan fingerprint density at radius 3 is 2.61 bits per heavy atom. The number of rotatable bonds is 7. The van der Waals surface area contributed by atoms with Gasteiger partial charge >= 0.3 is 0 Å². The number of halogens is 1. The minimum Gasteiger partial charge on any atom is -0.353 e. The third-order valence-corrected chi connectivity index (χ3v) is 6.51. The van der Waals surface area contributed by atoms with E-state index in [4.69, 9.17) is 0 Å². The second-order valence-electron chi connectivity index (χ2n) is 6.46. The Morgan fingerprint density at radius 2 is 1.96 bits per heavy atom. The number of benzene rings is 1. The van der Waals surface area contributed by atoms with E-state index in [9.17, 15) is 14.0 Å². The van der Waals surface area contributed by atoms with Crippen LogP contribution in [0.3, 0.4) is 0 Å². The summed E-state index contributed by atoms with van der Waals surface area (Å²) in [5.41, 5.74) is 1.35. The summed E-state index contributed by atoms with van der Waals surface area (Å²) in [7, 11) is 1.65. The summed E-state index contributed by atoms with van der Waals surface area (Å²) in [6.07, 6.45) is 1.77. The van der Waals surface area contributed by atoms with Crippen molar-refractivity contribution in [2.24, 2.45) is 7.05 Å². The number of hydrogen-bond donors (Lipinski definition) is 1. The van der Waals surface area contributed by atoms with Crippen molar-refractivity contribution in [3.8, 4) is 11.1 Å². The molecule has 3 rings (SSSR count). The molecule has 0 bridgehead atoms. The van der Waals surface area contributed by atoms with Crippen molar-refractivity contribution >= 4 is 39.2 Å². The zero-order valence-electron chi connectivity index (χ0n) is 16.0. The monoisotopic (exact) mass is 419 g/mol. The van der Waals surface area contributed by atoms with Crippen LogP contribution in [0.4, 0.5) is 4.39 Å². The Hall–Kier alpha value is -2.19. The quantitative estimate of drug-likeness (QED) is 0.461. The second-order valence-corrected chi connectivity index (χ2v) is 8.27. The van der Waals surface area contributed by atoms with E-state index < -0.39 is 0 Å². The van der Waals surface area contributed by atoms with Crippen molar-refractivity contribution in [2.75, 3.05) is 5.75 Å². The highest BCUT2D eigenvalue weighted by Crippen LogP contribution is 2.32. The molecule has 0 saturated carbocycles. The molecule has 0 unspecified atom stereocenters. The summed E-state index contributed by atoms with van der Waals surface area (Å²) in [5.74, 6) is -0.177. The topological polar surface area (TPSA) is 64.0 Å². The summed E-state index contributed by atoms with van der Waals surface area (Å²) >= 11 is 2.62. The highest BCUT2D eigenvalue weighted by molar-refractivity contribution is 7.99. The highest BCUT2D eigenvalue weighted by Gasteiger charge is 2.17. The van der Waals surface area contributed by atoms with Crippen molar-refractivity contribution in [2.45, 2.75) is 37.9 Å². The molecule has 0 fully saturated rings. The van der Waals surface area contributed by atoms with Crippen LogP contribution in [0.25, 0.3) is 21.3 Å². The van der Waals surface area contributed by atoms with Crippen LogP contribution in [0, 0.1) is 5.82 Å². The molecule has 148 valence electrons. The molecule has 1 aromatic carbocycles. The molecule has 0 spiro atoms. The Balaban J connectivity index is 1.86. The van der Waals surface area contributed by atoms with E-state index in [2.05, 4.69) is 10.3 Å². The number of carbonyl (C=O) groups is 1. The van der Waals surface area contributed by atoms with Crippen LogP contribution in [0.5, 0.6) is 0 Å². The molecule has 0 atom stereocenters. The van der Waals surface area contributed by atoms with Crippen LogP contribution < -0.4 is 10.9 Å². The van der Waals surface area contributed by atoms with Crippen molar-refractivity contribution in [1.82, 2.24) is 14.9 Å². The molecule has 8 heteroatoms. The summed E-state index contributed by atoms with van der Waals surface area (Å²) in [6.45, 7) is 4.08. The van der Waals surface area contributed by atoms with Gasteiger partial charge in [-0.25, -0.2) is 9.37 Å². The zero-order chi connectivity index (χ0) is 20.3. The van der Waals surface area contributed by atoms with E-state index in [1.165, 1.54) is 39.8 Å². The smallest absolute Gasteiger partial charge is 0.263 e. The van der Waals surface area contributed by atoms with Crippen LogP contribution >= 0.6 is 23.1 Å². The first-order valence-corrected chi connectivity index (χ1v) is 11.0. The maximum atomic E-state index is 13.2. The first kappa shape index (κ1) is 20.5. The summed E-state index contributed by atoms with van der Waals surface area (Å²) in [4.78, 5) is 30.3. The molecule has 0 aliphatic carbocycles. The molecular formula is C20H22FN3O2S2. The fraction of sp³-hybridized carbons (Fsp3) is 0.350. The Bertz CT molecular complexity index is 1040. The van der Waals surface area contributed by atoms with Crippen LogP contribution in [-0.4, -0.2) is 27.3 Å². The maximum Gasteiger partial charge on any atom is 0.263 e. The number of thiophene rings is 1. The zero-order valence-corrected chi connectivity index (χ0v) is 17.6. The third kappa shape index (κ3) is 4.28. The lowest BCUT2D eigenvalue weighted by Gasteiger charge is -2.14. The number of nitrogens with one attached hydrogen (secondary N) is 1. The molecule has 28 heavy (non-hydrogen) atoms. The van der Waals surface area contributed by atoms with Gasteiger partial charge in [-0.2, -0.15) is 0 Å². The molecular weight excluding hydrogens is 397 g/mol. The SMILES string of the molecule is CCC(CC)NC(=O)CSc1nc2scc(-c3ccc(F)cc3)c2c(=O)n1C. The Labute approximate surface area is 171 Å².